The van der Waals surface area contributed by atoms with Crippen molar-refractivity contribution >= 4 is 23.3 Å². The van der Waals surface area contributed by atoms with Gasteiger partial charge in [-0.3, -0.25) is 14.4 Å². The minimum absolute atomic E-state index is 0.00628. The number of hydrogen-bond acceptors (Lipinski definition) is 6. The largest absolute Gasteiger partial charge is 0.497 e. The Hall–Kier alpha value is -3.97. The zero-order valence-corrected chi connectivity index (χ0v) is 19.8. The van der Waals surface area contributed by atoms with Crippen molar-refractivity contribution in [2.24, 2.45) is 0 Å². The third kappa shape index (κ3) is 6.77. The minimum Gasteiger partial charge on any atom is -0.497 e. The highest BCUT2D eigenvalue weighted by atomic mass is 16.5. The van der Waals surface area contributed by atoms with E-state index in [0.29, 0.717) is 11.3 Å². The van der Waals surface area contributed by atoms with Crippen molar-refractivity contribution in [2.75, 3.05) is 19.0 Å². The summed E-state index contributed by atoms with van der Waals surface area (Å²) in [4.78, 5) is 38.5. The molecule has 0 aromatic heterocycles. The lowest BCUT2D eigenvalue weighted by Crippen LogP contribution is -2.45. The topological polar surface area (TPSA) is 102 Å². The van der Waals surface area contributed by atoms with E-state index in [1.807, 2.05) is 18.2 Å². The van der Waals surface area contributed by atoms with Crippen LogP contribution in [0.25, 0.3) is 0 Å². The van der Waals surface area contributed by atoms with E-state index in [-0.39, 0.29) is 42.9 Å². The van der Waals surface area contributed by atoms with Crippen LogP contribution in [0.3, 0.4) is 0 Å². The Morgan fingerprint density at radius 1 is 0.914 bits per heavy atom. The van der Waals surface area contributed by atoms with E-state index in [1.165, 1.54) is 0 Å². The molecule has 7 heteroatoms. The summed E-state index contributed by atoms with van der Waals surface area (Å²) < 4.78 is 10.1. The van der Waals surface area contributed by atoms with Gasteiger partial charge < -0.3 is 19.9 Å². The van der Waals surface area contributed by atoms with Crippen molar-refractivity contribution in [3.05, 3.63) is 95.6 Å². The molecule has 7 nitrogen and oxygen atoms in total. The molecular weight excluding hydrogens is 446 g/mol. The summed E-state index contributed by atoms with van der Waals surface area (Å²) in [5, 5.41) is 14.1. The highest BCUT2D eigenvalue weighted by Crippen LogP contribution is 2.26. The first-order chi connectivity index (χ1) is 16.9. The number of nitrogens with one attached hydrogen (secondary N) is 1. The van der Waals surface area contributed by atoms with Crippen LogP contribution in [0.15, 0.2) is 78.9 Å². The highest BCUT2D eigenvalue weighted by molar-refractivity contribution is 6.14. The number of benzene rings is 3. The number of hydrogen-bond donors (Lipinski definition) is 2. The van der Waals surface area contributed by atoms with Crippen LogP contribution >= 0.6 is 0 Å². The normalized spacial score (nSPS) is 12.3. The molecule has 35 heavy (non-hydrogen) atoms. The molecule has 3 rings (SSSR count). The molecule has 0 spiro atoms. The van der Waals surface area contributed by atoms with Crippen LogP contribution in [0, 0.1) is 0 Å². The summed E-state index contributed by atoms with van der Waals surface area (Å²) in [7, 11) is 1.54. The Morgan fingerprint density at radius 3 is 2.23 bits per heavy atom. The molecule has 0 aliphatic rings. The molecule has 3 aromatic rings. The molecule has 0 fully saturated rings. The van der Waals surface area contributed by atoms with Gasteiger partial charge >= 0.3 is 5.97 Å². The number of rotatable bonds is 11. The standard InChI is InChI=1S/C28H29NO6/c1-3-35-25(30)17-18-28(33,19-20-9-5-4-6-10-20)27(32)29-24-12-8-7-11-23(24)26(31)21-13-15-22(34-2)16-14-21/h4-16,33H,3,17-19H2,1-2H3,(H,29,32). The first kappa shape index (κ1) is 25.6. The van der Waals surface area contributed by atoms with Crippen molar-refractivity contribution in [1.29, 1.82) is 0 Å². The third-order valence-corrected chi connectivity index (χ3v) is 5.58. The molecule has 1 amide bonds. The van der Waals surface area contributed by atoms with Gasteiger partial charge in [-0.25, -0.2) is 0 Å². The van der Waals surface area contributed by atoms with Crippen LogP contribution in [-0.4, -0.2) is 42.1 Å². The quantitative estimate of drug-likeness (QED) is 0.319. The smallest absolute Gasteiger partial charge is 0.305 e. The number of carbonyl (C=O) groups excluding carboxylic acids is 3. The second kappa shape index (κ2) is 11.9. The zero-order chi connectivity index (χ0) is 25.3. The van der Waals surface area contributed by atoms with E-state index in [2.05, 4.69) is 5.32 Å². The van der Waals surface area contributed by atoms with E-state index in [0.717, 1.165) is 5.56 Å². The van der Waals surface area contributed by atoms with Crippen molar-refractivity contribution in [3.8, 4) is 5.75 Å². The number of anilines is 1. The van der Waals surface area contributed by atoms with Crippen LogP contribution < -0.4 is 10.1 Å². The summed E-state index contributed by atoms with van der Waals surface area (Å²) in [5.41, 5.74) is -0.199. The molecule has 0 aliphatic heterocycles. The van der Waals surface area contributed by atoms with Gasteiger partial charge in [-0.05, 0) is 55.3 Å². The van der Waals surface area contributed by atoms with Crippen LogP contribution in [0.1, 0.15) is 41.3 Å². The van der Waals surface area contributed by atoms with E-state index in [1.54, 1.807) is 74.7 Å². The number of carbonyl (C=O) groups is 3. The van der Waals surface area contributed by atoms with Crippen LogP contribution in [0.5, 0.6) is 5.75 Å². The molecule has 0 aliphatic carbocycles. The minimum atomic E-state index is -1.90. The monoisotopic (exact) mass is 475 g/mol. The first-order valence-corrected chi connectivity index (χ1v) is 11.4. The molecule has 2 N–H and O–H groups in total. The molecule has 182 valence electrons. The number of ether oxygens (including phenoxy) is 2. The summed E-state index contributed by atoms with van der Waals surface area (Å²) >= 11 is 0. The van der Waals surface area contributed by atoms with E-state index >= 15 is 0 Å². The summed E-state index contributed by atoms with van der Waals surface area (Å²) in [5.74, 6) is -0.875. The SMILES string of the molecule is CCOC(=O)CCC(O)(Cc1ccccc1)C(=O)Nc1ccccc1C(=O)c1ccc(OC)cc1. The van der Waals surface area contributed by atoms with Crippen molar-refractivity contribution in [1.82, 2.24) is 0 Å². The van der Waals surface area contributed by atoms with Crippen molar-refractivity contribution < 1.29 is 29.0 Å². The van der Waals surface area contributed by atoms with Gasteiger partial charge in [0.1, 0.15) is 11.4 Å². The molecular formula is C28H29NO6. The number of para-hydroxylation sites is 1. The van der Waals surface area contributed by atoms with Gasteiger partial charge in [0, 0.05) is 24.0 Å². The third-order valence-electron chi connectivity index (χ3n) is 5.58. The molecule has 0 radical (unpaired) electrons. The van der Waals surface area contributed by atoms with Gasteiger partial charge in [-0.2, -0.15) is 0 Å². The maximum Gasteiger partial charge on any atom is 0.305 e. The molecule has 1 atom stereocenters. The van der Waals surface area contributed by atoms with Gasteiger partial charge in [-0.15, -0.1) is 0 Å². The molecule has 1 unspecified atom stereocenters. The number of methoxy groups -OCH3 is 1. The number of amides is 1. The Balaban J connectivity index is 1.86. The predicted octanol–water partition coefficient (Wildman–Crippen LogP) is 4.18. The van der Waals surface area contributed by atoms with Crippen LogP contribution in [0.2, 0.25) is 0 Å². The zero-order valence-electron chi connectivity index (χ0n) is 19.8. The molecule has 0 bridgehead atoms. The van der Waals surface area contributed by atoms with E-state index in [9.17, 15) is 19.5 Å². The fourth-order valence-electron chi connectivity index (χ4n) is 3.68. The van der Waals surface area contributed by atoms with E-state index < -0.39 is 17.5 Å². The predicted molar refractivity (Wildman–Crippen MR) is 132 cm³/mol. The summed E-state index contributed by atoms with van der Waals surface area (Å²) in [6, 6.07) is 22.3. The Labute approximate surface area is 204 Å². The van der Waals surface area contributed by atoms with E-state index in [4.69, 9.17) is 9.47 Å². The molecule has 0 heterocycles. The van der Waals surface area contributed by atoms with Gasteiger partial charge in [0.25, 0.3) is 5.91 Å². The first-order valence-electron chi connectivity index (χ1n) is 11.4. The second-order valence-electron chi connectivity index (χ2n) is 8.06. The Bertz CT molecular complexity index is 1160. The van der Waals surface area contributed by atoms with Gasteiger partial charge in [0.2, 0.25) is 0 Å². The van der Waals surface area contributed by atoms with Gasteiger partial charge in [0.15, 0.2) is 5.78 Å². The lowest BCUT2D eigenvalue weighted by Gasteiger charge is -2.27. The average Bonchev–Trinajstić information content (AvgIpc) is 2.88. The molecule has 0 saturated heterocycles. The second-order valence-corrected chi connectivity index (χ2v) is 8.06. The van der Waals surface area contributed by atoms with Gasteiger partial charge in [0.05, 0.1) is 19.4 Å². The maximum atomic E-state index is 13.4. The van der Waals surface area contributed by atoms with Crippen LogP contribution in [-0.2, 0) is 20.7 Å². The van der Waals surface area contributed by atoms with Crippen LogP contribution in [0.4, 0.5) is 5.69 Å². The fourth-order valence-corrected chi connectivity index (χ4v) is 3.68. The number of ketones is 1. The van der Waals surface area contributed by atoms with Crippen molar-refractivity contribution in [2.45, 2.75) is 31.8 Å². The number of aliphatic hydroxyl groups is 1. The molecule has 0 saturated carbocycles. The maximum absolute atomic E-state index is 13.4. The lowest BCUT2D eigenvalue weighted by molar-refractivity contribution is -0.146. The summed E-state index contributed by atoms with van der Waals surface area (Å²) in [6.07, 6.45) is -0.272. The Kier molecular flexibility index (Phi) is 8.75. The van der Waals surface area contributed by atoms with Crippen molar-refractivity contribution in [3.63, 3.8) is 0 Å². The number of esters is 1. The fraction of sp³-hybridized carbons (Fsp3) is 0.250. The highest BCUT2D eigenvalue weighted by Gasteiger charge is 2.37. The lowest BCUT2D eigenvalue weighted by atomic mass is 9.88. The van der Waals surface area contributed by atoms with Gasteiger partial charge in [-0.1, -0.05) is 42.5 Å². The summed E-state index contributed by atoms with van der Waals surface area (Å²) in [6.45, 7) is 1.90. The molecule has 3 aromatic carbocycles. The average molecular weight is 476 g/mol. The Morgan fingerprint density at radius 2 is 1.57 bits per heavy atom.